The maximum atomic E-state index is 4.60. The van der Waals surface area contributed by atoms with E-state index in [0.717, 1.165) is 30.0 Å². The summed E-state index contributed by atoms with van der Waals surface area (Å²) in [6.45, 7) is 2.08. The van der Waals surface area contributed by atoms with Crippen LogP contribution in [-0.2, 0) is 0 Å². The fourth-order valence-corrected chi connectivity index (χ4v) is 4.56. The van der Waals surface area contributed by atoms with Gasteiger partial charge >= 0.3 is 0 Å². The molecule has 3 rings (SSSR count). The highest BCUT2D eigenvalue weighted by Gasteiger charge is 2.11. The Labute approximate surface area is 119 Å². The van der Waals surface area contributed by atoms with Crippen LogP contribution >= 0.6 is 43.2 Å². The van der Waals surface area contributed by atoms with Crippen LogP contribution in [0.4, 0.5) is 0 Å². The molecule has 5 heteroatoms. The van der Waals surface area contributed by atoms with Crippen molar-refractivity contribution in [1.82, 2.24) is 9.97 Å². The van der Waals surface area contributed by atoms with Gasteiger partial charge < -0.3 is 4.98 Å². The molecule has 0 aliphatic heterocycles. The first-order valence-electron chi connectivity index (χ1n) is 5.05. The summed E-state index contributed by atoms with van der Waals surface area (Å²) in [7, 11) is 0. The Bertz CT molecular complexity index is 700. The van der Waals surface area contributed by atoms with Gasteiger partial charge in [0.05, 0.1) is 18.6 Å². The molecule has 0 spiro atoms. The number of aromatic nitrogens is 2. The lowest BCUT2D eigenvalue weighted by molar-refractivity contribution is 1.34. The average molecular weight is 372 g/mol. The molecule has 2 aromatic heterocycles. The molecule has 2 nitrogen and oxygen atoms in total. The number of benzene rings is 1. The van der Waals surface area contributed by atoms with E-state index < -0.39 is 0 Å². The van der Waals surface area contributed by atoms with Crippen LogP contribution in [0.1, 0.15) is 5.56 Å². The summed E-state index contributed by atoms with van der Waals surface area (Å²) >= 11 is 8.69. The van der Waals surface area contributed by atoms with Gasteiger partial charge in [-0.15, -0.1) is 11.3 Å². The highest BCUT2D eigenvalue weighted by Crippen LogP contribution is 2.37. The number of rotatable bonds is 1. The maximum Gasteiger partial charge on any atom is 0.140 e. The number of H-pyrrole nitrogens is 1. The smallest absolute Gasteiger partial charge is 0.140 e. The van der Waals surface area contributed by atoms with Crippen LogP contribution in [0.25, 0.3) is 22.4 Å². The fraction of sp³-hybridized carbons (Fsp3) is 0.0833. The van der Waals surface area contributed by atoms with Gasteiger partial charge in [-0.1, -0.05) is 6.07 Å². The molecule has 0 radical (unpaired) electrons. The highest BCUT2D eigenvalue weighted by atomic mass is 79.9. The first-order chi connectivity index (χ1) is 8.13. The molecule has 1 N–H and O–H groups in total. The van der Waals surface area contributed by atoms with E-state index in [1.165, 1.54) is 5.56 Å². The summed E-state index contributed by atoms with van der Waals surface area (Å²) in [4.78, 5) is 7.95. The van der Waals surface area contributed by atoms with Crippen LogP contribution in [0.3, 0.4) is 0 Å². The molecule has 1 aromatic carbocycles. The number of nitrogens with zero attached hydrogens (tertiary/aromatic N) is 1. The molecule has 2 heterocycles. The first kappa shape index (κ1) is 11.4. The Hall–Kier alpha value is -0.650. The Morgan fingerprint density at radius 3 is 2.76 bits per heavy atom. The number of thiophene rings is 1. The minimum Gasteiger partial charge on any atom is -0.338 e. The van der Waals surface area contributed by atoms with Gasteiger partial charge in [-0.25, -0.2) is 4.98 Å². The Kier molecular flexibility index (Phi) is 2.84. The number of halogens is 2. The fourth-order valence-electron chi connectivity index (χ4n) is 1.75. The normalized spacial score (nSPS) is 11.2. The summed E-state index contributed by atoms with van der Waals surface area (Å²) in [5, 5.41) is 0. The zero-order chi connectivity index (χ0) is 12.0. The van der Waals surface area contributed by atoms with Gasteiger partial charge in [-0.05, 0) is 62.5 Å². The van der Waals surface area contributed by atoms with E-state index >= 15 is 0 Å². The second kappa shape index (κ2) is 4.23. The Morgan fingerprint density at radius 1 is 1.24 bits per heavy atom. The third-order valence-electron chi connectivity index (χ3n) is 2.55. The predicted molar refractivity (Wildman–Crippen MR) is 79.5 cm³/mol. The third kappa shape index (κ3) is 2.07. The second-order valence-corrected chi connectivity index (χ2v) is 7.59. The lowest BCUT2D eigenvalue weighted by Crippen LogP contribution is -1.76. The minimum atomic E-state index is 0.902. The zero-order valence-corrected chi connectivity index (χ0v) is 12.9. The molecule has 0 atom stereocenters. The van der Waals surface area contributed by atoms with Crippen LogP contribution in [0.15, 0.2) is 31.8 Å². The monoisotopic (exact) mass is 370 g/mol. The summed E-state index contributed by atoms with van der Waals surface area (Å²) in [5.74, 6) is 0.902. The number of aromatic amines is 1. The summed E-state index contributed by atoms with van der Waals surface area (Å²) in [6.07, 6.45) is 0. The van der Waals surface area contributed by atoms with Gasteiger partial charge in [0.25, 0.3) is 0 Å². The number of aryl methyl sites for hydroxylation is 1. The molecule has 0 saturated heterocycles. The van der Waals surface area contributed by atoms with Gasteiger partial charge in [0.1, 0.15) is 5.82 Å². The maximum absolute atomic E-state index is 4.60. The van der Waals surface area contributed by atoms with Crippen LogP contribution in [0.5, 0.6) is 0 Å². The molecule has 0 bridgehead atoms. The van der Waals surface area contributed by atoms with Crippen LogP contribution in [0, 0.1) is 6.92 Å². The molecule has 0 aliphatic carbocycles. The third-order valence-corrected chi connectivity index (χ3v) is 4.89. The van der Waals surface area contributed by atoms with Crippen molar-refractivity contribution in [3.63, 3.8) is 0 Å². The van der Waals surface area contributed by atoms with Crippen molar-refractivity contribution in [1.29, 1.82) is 0 Å². The van der Waals surface area contributed by atoms with Crippen molar-refractivity contribution in [2.75, 3.05) is 0 Å². The van der Waals surface area contributed by atoms with E-state index in [1.807, 2.05) is 6.07 Å². The zero-order valence-electron chi connectivity index (χ0n) is 8.92. The molecule has 0 unspecified atom stereocenters. The van der Waals surface area contributed by atoms with E-state index in [0.29, 0.717) is 0 Å². The molecular weight excluding hydrogens is 364 g/mol. The second-order valence-electron chi connectivity index (χ2n) is 3.84. The van der Waals surface area contributed by atoms with Crippen molar-refractivity contribution in [2.45, 2.75) is 6.92 Å². The SMILES string of the molecule is Cc1ccc2nc(-c3cc(Br)sc3Br)[nH]c2c1. The quantitative estimate of drug-likeness (QED) is 0.631. The average Bonchev–Trinajstić information content (AvgIpc) is 2.80. The highest BCUT2D eigenvalue weighted by molar-refractivity contribution is 9.12. The molecule has 3 aromatic rings. The number of nitrogens with one attached hydrogen (secondary N) is 1. The Balaban J connectivity index is 2.21. The molecule has 17 heavy (non-hydrogen) atoms. The lowest BCUT2D eigenvalue weighted by atomic mass is 10.2. The van der Waals surface area contributed by atoms with Crippen LogP contribution in [-0.4, -0.2) is 9.97 Å². The Morgan fingerprint density at radius 2 is 2.06 bits per heavy atom. The summed E-state index contributed by atoms with van der Waals surface area (Å²) in [6, 6.07) is 8.30. The molecule has 0 fully saturated rings. The summed E-state index contributed by atoms with van der Waals surface area (Å²) < 4.78 is 2.18. The van der Waals surface area contributed by atoms with E-state index in [4.69, 9.17) is 0 Å². The topological polar surface area (TPSA) is 28.7 Å². The van der Waals surface area contributed by atoms with Gasteiger partial charge in [-0.2, -0.15) is 0 Å². The molecule has 0 aliphatic rings. The van der Waals surface area contributed by atoms with Gasteiger partial charge in [-0.3, -0.25) is 0 Å². The lowest BCUT2D eigenvalue weighted by Gasteiger charge is -1.91. The van der Waals surface area contributed by atoms with E-state index in [2.05, 4.69) is 67.0 Å². The van der Waals surface area contributed by atoms with Gasteiger partial charge in [0, 0.05) is 5.56 Å². The molecular formula is C12H8Br2N2S. The largest absolute Gasteiger partial charge is 0.338 e. The van der Waals surface area contributed by atoms with E-state index in [-0.39, 0.29) is 0 Å². The summed E-state index contributed by atoms with van der Waals surface area (Å²) in [5.41, 5.74) is 4.41. The van der Waals surface area contributed by atoms with Crippen molar-refractivity contribution in [3.05, 3.63) is 37.4 Å². The van der Waals surface area contributed by atoms with Crippen molar-refractivity contribution >= 4 is 54.2 Å². The van der Waals surface area contributed by atoms with Crippen molar-refractivity contribution in [2.24, 2.45) is 0 Å². The van der Waals surface area contributed by atoms with Crippen molar-refractivity contribution < 1.29 is 0 Å². The first-order valence-corrected chi connectivity index (χ1v) is 7.45. The standard InChI is InChI=1S/C12H8Br2N2S/c1-6-2-3-8-9(4-6)16-12(15-8)7-5-10(13)17-11(7)14/h2-5H,1H3,(H,15,16). The van der Waals surface area contributed by atoms with Crippen LogP contribution < -0.4 is 0 Å². The number of hydrogen-bond donors (Lipinski definition) is 1. The van der Waals surface area contributed by atoms with Crippen molar-refractivity contribution in [3.8, 4) is 11.4 Å². The van der Waals surface area contributed by atoms with Crippen LogP contribution in [0.2, 0.25) is 0 Å². The number of fused-ring (bicyclic) bond motifs is 1. The molecule has 0 saturated carbocycles. The van der Waals surface area contributed by atoms with E-state index in [1.54, 1.807) is 11.3 Å². The molecule has 86 valence electrons. The number of imidazole rings is 1. The van der Waals surface area contributed by atoms with E-state index in [9.17, 15) is 0 Å². The molecule has 0 amide bonds. The van der Waals surface area contributed by atoms with Gasteiger partial charge in [0.15, 0.2) is 0 Å². The minimum absolute atomic E-state index is 0.902. The van der Waals surface area contributed by atoms with Gasteiger partial charge in [0.2, 0.25) is 0 Å². The number of hydrogen-bond acceptors (Lipinski definition) is 2. The predicted octanol–water partition coefficient (Wildman–Crippen LogP) is 5.12.